The van der Waals surface area contributed by atoms with Crippen molar-refractivity contribution in [1.82, 2.24) is 5.32 Å². The molecule has 1 rings (SSSR count). The van der Waals surface area contributed by atoms with E-state index >= 15 is 0 Å². The summed E-state index contributed by atoms with van der Waals surface area (Å²) in [5.74, 6) is 0. The van der Waals surface area contributed by atoms with Crippen LogP contribution in [0.3, 0.4) is 0 Å². The molecule has 0 saturated heterocycles. The average Bonchev–Trinajstić information content (AvgIpc) is 1.85. The van der Waals surface area contributed by atoms with E-state index in [0.717, 1.165) is 13.1 Å². The summed E-state index contributed by atoms with van der Waals surface area (Å²) in [6, 6.07) is 0. The molecule has 0 aromatic rings. The van der Waals surface area contributed by atoms with Crippen LogP contribution < -0.4 is 5.32 Å². The van der Waals surface area contributed by atoms with Gasteiger partial charge in [0.1, 0.15) is 6.54 Å². The molecular formula is C9H17N2+. The summed E-state index contributed by atoms with van der Waals surface area (Å²) >= 11 is 0. The zero-order valence-corrected chi connectivity index (χ0v) is 7.59. The fourth-order valence-electron chi connectivity index (χ4n) is 1.12. The fraction of sp³-hybridized carbons (Fsp3) is 0.667. The molecule has 0 saturated carbocycles. The number of hydrogen-bond donors (Lipinski definition) is 1. The highest BCUT2D eigenvalue weighted by Gasteiger charge is 2.14. The van der Waals surface area contributed by atoms with Gasteiger partial charge in [-0.05, 0) is 11.5 Å². The van der Waals surface area contributed by atoms with Gasteiger partial charge in [0.25, 0.3) is 0 Å². The Morgan fingerprint density at radius 1 is 1.45 bits per heavy atom. The number of rotatable bonds is 1. The Labute approximate surface area is 68.6 Å². The van der Waals surface area contributed by atoms with Crippen LogP contribution in [0.5, 0.6) is 0 Å². The maximum Gasteiger partial charge on any atom is 0.236 e. The summed E-state index contributed by atoms with van der Waals surface area (Å²) in [5, 5.41) is 3.17. The smallest absolute Gasteiger partial charge is 0.236 e. The van der Waals surface area contributed by atoms with E-state index in [1.165, 1.54) is 0 Å². The number of hydrogen-bond acceptors (Lipinski definition) is 1. The second kappa shape index (κ2) is 3.07. The van der Waals surface area contributed by atoms with Gasteiger partial charge in [0, 0.05) is 0 Å². The fourth-order valence-corrected chi connectivity index (χ4v) is 1.12. The van der Waals surface area contributed by atoms with Crippen molar-refractivity contribution >= 4 is 6.34 Å². The molecular weight excluding hydrogens is 136 g/mol. The zero-order valence-electron chi connectivity index (χ0n) is 7.59. The van der Waals surface area contributed by atoms with Gasteiger partial charge in [0.2, 0.25) is 6.34 Å². The molecule has 0 aliphatic carbocycles. The summed E-state index contributed by atoms with van der Waals surface area (Å²) in [6.07, 6.45) is 6.29. The van der Waals surface area contributed by atoms with Crippen LogP contribution in [0.4, 0.5) is 0 Å². The normalized spacial score (nSPS) is 17.5. The largest absolute Gasteiger partial charge is 0.277 e. The first-order valence-electron chi connectivity index (χ1n) is 4.07. The van der Waals surface area contributed by atoms with Crippen LogP contribution >= 0.6 is 0 Å². The lowest BCUT2D eigenvalue weighted by Gasteiger charge is -2.17. The van der Waals surface area contributed by atoms with Crippen LogP contribution in [0.2, 0.25) is 0 Å². The minimum Gasteiger partial charge on any atom is -0.277 e. The topological polar surface area (TPSA) is 15.0 Å². The number of nitrogens with one attached hydrogen (secondary N) is 1. The van der Waals surface area contributed by atoms with Crippen molar-refractivity contribution in [2.24, 2.45) is 5.41 Å². The Bertz CT molecular complexity index is 184. The van der Waals surface area contributed by atoms with Crippen LogP contribution in [-0.2, 0) is 0 Å². The van der Waals surface area contributed by atoms with Crippen molar-refractivity contribution < 1.29 is 4.58 Å². The highest BCUT2D eigenvalue weighted by atomic mass is 15.1. The minimum absolute atomic E-state index is 0.361. The first-order chi connectivity index (χ1) is 5.08. The van der Waals surface area contributed by atoms with Gasteiger partial charge >= 0.3 is 0 Å². The van der Waals surface area contributed by atoms with Crippen molar-refractivity contribution in [3.05, 3.63) is 12.3 Å². The highest BCUT2D eigenvalue weighted by molar-refractivity contribution is 5.49. The van der Waals surface area contributed by atoms with Crippen molar-refractivity contribution in [2.45, 2.75) is 20.8 Å². The summed E-state index contributed by atoms with van der Waals surface area (Å²) in [6.45, 7) is 8.74. The van der Waals surface area contributed by atoms with Gasteiger partial charge in [-0.1, -0.05) is 20.8 Å². The third-order valence-electron chi connectivity index (χ3n) is 1.45. The van der Waals surface area contributed by atoms with Gasteiger partial charge in [-0.2, -0.15) is 0 Å². The third kappa shape index (κ3) is 3.21. The summed E-state index contributed by atoms with van der Waals surface area (Å²) in [7, 11) is 0. The molecule has 0 amide bonds. The van der Waals surface area contributed by atoms with Crippen molar-refractivity contribution in [1.29, 1.82) is 0 Å². The van der Waals surface area contributed by atoms with Gasteiger partial charge in [0.15, 0.2) is 0 Å². The Hall–Kier alpha value is -0.790. The molecule has 1 heterocycles. The van der Waals surface area contributed by atoms with Gasteiger partial charge in [-0.3, -0.25) is 5.32 Å². The predicted octanol–water partition coefficient (Wildman–Crippen LogP) is 1.19. The molecule has 0 atom stereocenters. The second-order valence-electron chi connectivity index (χ2n) is 4.16. The lowest BCUT2D eigenvalue weighted by Crippen LogP contribution is -2.29. The summed E-state index contributed by atoms with van der Waals surface area (Å²) in [5.41, 5.74) is 0.361. The summed E-state index contributed by atoms with van der Waals surface area (Å²) in [4.78, 5) is 0. The highest BCUT2D eigenvalue weighted by Crippen LogP contribution is 2.12. The van der Waals surface area contributed by atoms with E-state index in [0.29, 0.717) is 5.41 Å². The van der Waals surface area contributed by atoms with Crippen LogP contribution in [-0.4, -0.2) is 24.0 Å². The van der Waals surface area contributed by atoms with Crippen molar-refractivity contribution in [3.63, 3.8) is 0 Å². The van der Waals surface area contributed by atoms with E-state index in [-0.39, 0.29) is 0 Å². The maximum absolute atomic E-state index is 3.17. The van der Waals surface area contributed by atoms with E-state index in [2.05, 4.69) is 42.9 Å². The molecule has 1 N–H and O–H groups in total. The average molecular weight is 153 g/mol. The standard InChI is InChI=1S/C9H16N2/c1-9(2,3)7-11-6-4-5-10-8-11/h4,6,8H,5,7H2,1-3H3/p+1. The minimum atomic E-state index is 0.361. The van der Waals surface area contributed by atoms with Crippen molar-refractivity contribution in [2.75, 3.05) is 13.1 Å². The monoisotopic (exact) mass is 153 g/mol. The van der Waals surface area contributed by atoms with E-state index < -0.39 is 0 Å². The quantitative estimate of drug-likeness (QED) is 0.559. The first-order valence-corrected chi connectivity index (χ1v) is 4.07. The third-order valence-corrected chi connectivity index (χ3v) is 1.45. The summed E-state index contributed by atoms with van der Waals surface area (Å²) < 4.78 is 2.18. The molecule has 0 bridgehead atoms. The molecule has 1 aliphatic rings. The first kappa shape index (κ1) is 8.31. The molecule has 11 heavy (non-hydrogen) atoms. The molecule has 0 aromatic carbocycles. The Kier molecular flexibility index (Phi) is 2.32. The lowest BCUT2D eigenvalue weighted by molar-refractivity contribution is -0.471. The number of nitrogens with zero attached hydrogens (tertiary/aromatic N) is 1. The SMILES string of the molecule is CC(C)(C)C[N+]1=CNCC=C1. The molecule has 2 heteroatoms. The van der Waals surface area contributed by atoms with Crippen LogP contribution in [0.15, 0.2) is 12.3 Å². The van der Waals surface area contributed by atoms with E-state index in [9.17, 15) is 0 Å². The Morgan fingerprint density at radius 2 is 2.18 bits per heavy atom. The van der Waals surface area contributed by atoms with Crippen LogP contribution in [0.1, 0.15) is 20.8 Å². The molecule has 0 spiro atoms. The Morgan fingerprint density at radius 3 is 2.64 bits per heavy atom. The molecule has 0 aromatic heterocycles. The van der Waals surface area contributed by atoms with Crippen molar-refractivity contribution in [3.8, 4) is 0 Å². The van der Waals surface area contributed by atoms with Gasteiger partial charge in [-0.25, -0.2) is 4.58 Å². The van der Waals surface area contributed by atoms with Crippen LogP contribution in [0, 0.1) is 5.41 Å². The maximum atomic E-state index is 3.17. The Balaban J connectivity index is 2.49. The van der Waals surface area contributed by atoms with Crippen LogP contribution in [0.25, 0.3) is 0 Å². The predicted molar refractivity (Wildman–Crippen MR) is 47.8 cm³/mol. The molecule has 0 fully saturated rings. The second-order valence-corrected chi connectivity index (χ2v) is 4.16. The van der Waals surface area contributed by atoms with Gasteiger partial charge < -0.3 is 0 Å². The molecule has 1 aliphatic heterocycles. The molecule has 0 unspecified atom stereocenters. The molecule has 62 valence electrons. The molecule has 2 nitrogen and oxygen atoms in total. The van der Waals surface area contributed by atoms with E-state index in [1.807, 2.05) is 6.34 Å². The molecule has 0 radical (unpaired) electrons. The zero-order chi connectivity index (χ0) is 8.32. The van der Waals surface area contributed by atoms with E-state index in [1.54, 1.807) is 0 Å². The van der Waals surface area contributed by atoms with Gasteiger partial charge in [0.05, 0.1) is 12.7 Å². The lowest BCUT2D eigenvalue weighted by atomic mass is 9.97. The van der Waals surface area contributed by atoms with E-state index in [4.69, 9.17) is 0 Å². The van der Waals surface area contributed by atoms with Gasteiger partial charge in [-0.15, -0.1) is 0 Å².